The molecule has 0 saturated heterocycles. The number of thiazole rings is 1. The van der Waals surface area contributed by atoms with Crippen molar-refractivity contribution in [3.63, 3.8) is 0 Å². The minimum absolute atomic E-state index is 0. The molecule has 0 aliphatic heterocycles. The number of halogens is 1. The highest BCUT2D eigenvalue weighted by Crippen LogP contribution is 2.23. The van der Waals surface area contributed by atoms with Gasteiger partial charge in [0.15, 0.2) is 0 Å². The highest BCUT2D eigenvalue weighted by atomic mass is 35.5. The van der Waals surface area contributed by atoms with Crippen molar-refractivity contribution in [2.24, 2.45) is 5.84 Å². The lowest BCUT2D eigenvalue weighted by Gasteiger charge is -1.96. The number of hydrazine groups is 1. The fraction of sp³-hybridized carbons (Fsp3) is 0.125. The third-order valence-corrected chi connectivity index (χ3v) is 2.61. The molecule has 0 aliphatic rings. The number of nitrogens with one attached hydrogen (secondary N) is 1. The van der Waals surface area contributed by atoms with E-state index in [2.05, 4.69) is 10.4 Å². The summed E-state index contributed by atoms with van der Waals surface area (Å²) < 4.78 is 1.20. The van der Waals surface area contributed by atoms with Gasteiger partial charge >= 0.3 is 0 Å². The van der Waals surface area contributed by atoms with Crippen LogP contribution < -0.4 is 11.3 Å². The summed E-state index contributed by atoms with van der Waals surface area (Å²) in [6, 6.07) is 5.91. The van der Waals surface area contributed by atoms with Crippen LogP contribution in [-0.2, 0) is 0 Å². The van der Waals surface area contributed by atoms with Crippen LogP contribution in [0.5, 0.6) is 0 Å². The monoisotopic (exact) mass is 215 g/mol. The van der Waals surface area contributed by atoms with Gasteiger partial charge in [-0.3, -0.25) is 5.84 Å². The van der Waals surface area contributed by atoms with E-state index >= 15 is 0 Å². The Labute approximate surface area is 86.4 Å². The maximum atomic E-state index is 5.27. The first-order valence-electron chi connectivity index (χ1n) is 3.63. The molecule has 0 bridgehead atoms. The van der Waals surface area contributed by atoms with Gasteiger partial charge in [-0.1, -0.05) is 0 Å². The summed E-state index contributed by atoms with van der Waals surface area (Å²) in [7, 11) is 0. The van der Waals surface area contributed by atoms with Crippen molar-refractivity contribution >= 4 is 39.6 Å². The topological polar surface area (TPSA) is 50.9 Å². The second-order valence-corrected chi connectivity index (χ2v) is 3.79. The molecule has 0 amide bonds. The van der Waals surface area contributed by atoms with E-state index in [0.717, 1.165) is 16.2 Å². The predicted molar refractivity (Wildman–Crippen MR) is 59.4 cm³/mol. The Morgan fingerprint density at radius 3 is 2.92 bits per heavy atom. The highest BCUT2D eigenvalue weighted by Gasteiger charge is 1.99. The molecular weight excluding hydrogens is 206 g/mol. The van der Waals surface area contributed by atoms with Crippen LogP contribution >= 0.6 is 23.7 Å². The molecular formula is C8H10ClN3S. The number of hydrogen-bond acceptors (Lipinski definition) is 4. The number of hydrogen-bond donors (Lipinski definition) is 2. The molecule has 1 aromatic heterocycles. The van der Waals surface area contributed by atoms with Crippen LogP contribution in [0, 0.1) is 6.92 Å². The molecule has 2 rings (SSSR count). The summed E-state index contributed by atoms with van der Waals surface area (Å²) in [6.45, 7) is 2.00. The van der Waals surface area contributed by atoms with Crippen LogP contribution in [0.15, 0.2) is 18.2 Å². The Morgan fingerprint density at radius 2 is 2.23 bits per heavy atom. The lowest BCUT2D eigenvalue weighted by Crippen LogP contribution is -2.05. The highest BCUT2D eigenvalue weighted by molar-refractivity contribution is 7.18. The molecule has 0 radical (unpaired) electrons. The van der Waals surface area contributed by atoms with E-state index < -0.39 is 0 Å². The SMILES string of the molecule is Cc1nc2cc(NN)ccc2s1.Cl. The van der Waals surface area contributed by atoms with E-state index in [9.17, 15) is 0 Å². The standard InChI is InChI=1S/C8H9N3S.ClH/c1-5-10-7-4-6(11-9)2-3-8(7)12-5;/h2-4,11H,9H2,1H3;1H. The molecule has 0 saturated carbocycles. The van der Waals surface area contributed by atoms with Gasteiger partial charge in [-0.05, 0) is 25.1 Å². The number of nitrogens with two attached hydrogens (primary N) is 1. The maximum absolute atomic E-state index is 5.27. The van der Waals surface area contributed by atoms with Crippen molar-refractivity contribution in [2.45, 2.75) is 6.92 Å². The molecule has 2 aromatic rings. The smallest absolute Gasteiger partial charge is 0.0907 e. The molecule has 70 valence electrons. The first kappa shape index (κ1) is 10.2. The van der Waals surface area contributed by atoms with Gasteiger partial charge in [-0.15, -0.1) is 23.7 Å². The van der Waals surface area contributed by atoms with Crippen LogP contribution in [-0.4, -0.2) is 4.98 Å². The van der Waals surface area contributed by atoms with Crippen LogP contribution in [0.4, 0.5) is 5.69 Å². The lowest BCUT2D eigenvalue weighted by atomic mass is 10.3. The Bertz CT molecular complexity index is 413. The van der Waals surface area contributed by atoms with E-state index in [1.54, 1.807) is 11.3 Å². The van der Waals surface area contributed by atoms with Gasteiger partial charge in [0.05, 0.1) is 20.9 Å². The molecule has 3 N–H and O–H groups in total. The van der Waals surface area contributed by atoms with Gasteiger partial charge in [-0.2, -0.15) is 0 Å². The van der Waals surface area contributed by atoms with Crippen molar-refractivity contribution in [3.05, 3.63) is 23.2 Å². The molecule has 5 heteroatoms. The van der Waals surface area contributed by atoms with Gasteiger partial charge < -0.3 is 5.43 Å². The number of fused-ring (bicyclic) bond motifs is 1. The minimum atomic E-state index is 0. The van der Waals surface area contributed by atoms with Crippen molar-refractivity contribution in [2.75, 3.05) is 5.43 Å². The van der Waals surface area contributed by atoms with Crippen LogP contribution in [0.2, 0.25) is 0 Å². The van der Waals surface area contributed by atoms with Crippen molar-refractivity contribution in [1.82, 2.24) is 4.98 Å². The minimum Gasteiger partial charge on any atom is -0.324 e. The Balaban J connectivity index is 0.000000845. The Kier molecular flexibility index (Phi) is 3.08. The number of nitrogens with zero attached hydrogens (tertiary/aromatic N) is 1. The summed E-state index contributed by atoms with van der Waals surface area (Å²) in [4.78, 5) is 4.34. The second-order valence-electron chi connectivity index (χ2n) is 2.56. The van der Waals surface area contributed by atoms with E-state index in [-0.39, 0.29) is 12.4 Å². The van der Waals surface area contributed by atoms with Gasteiger partial charge in [0.1, 0.15) is 0 Å². The van der Waals surface area contributed by atoms with Gasteiger partial charge in [-0.25, -0.2) is 4.98 Å². The van der Waals surface area contributed by atoms with Crippen LogP contribution in [0.25, 0.3) is 10.2 Å². The fourth-order valence-corrected chi connectivity index (χ4v) is 1.94. The number of aryl methyl sites for hydroxylation is 1. The zero-order chi connectivity index (χ0) is 8.55. The van der Waals surface area contributed by atoms with Crippen LogP contribution in [0.1, 0.15) is 5.01 Å². The van der Waals surface area contributed by atoms with Crippen molar-refractivity contribution in [1.29, 1.82) is 0 Å². The second kappa shape index (κ2) is 3.91. The number of rotatable bonds is 1. The van der Waals surface area contributed by atoms with E-state index in [1.807, 2.05) is 25.1 Å². The molecule has 0 atom stereocenters. The molecule has 1 aromatic carbocycles. The predicted octanol–water partition coefficient (Wildman–Crippen LogP) is 2.31. The summed E-state index contributed by atoms with van der Waals surface area (Å²) in [5, 5.41) is 1.08. The first-order chi connectivity index (χ1) is 5.79. The summed E-state index contributed by atoms with van der Waals surface area (Å²) in [6.07, 6.45) is 0. The van der Waals surface area contributed by atoms with Gasteiger partial charge in [0, 0.05) is 0 Å². The van der Waals surface area contributed by atoms with E-state index in [4.69, 9.17) is 5.84 Å². The van der Waals surface area contributed by atoms with Gasteiger partial charge in [0.2, 0.25) is 0 Å². The fourth-order valence-electron chi connectivity index (χ4n) is 1.13. The number of aromatic nitrogens is 1. The maximum Gasteiger partial charge on any atom is 0.0907 e. The van der Waals surface area contributed by atoms with Crippen molar-refractivity contribution in [3.8, 4) is 0 Å². The van der Waals surface area contributed by atoms with E-state index in [1.165, 1.54) is 4.70 Å². The molecule has 13 heavy (non-hydrogen) atoms. The van der Waals surface area contributed by atoms with Crippen LogP contribution in [0.3, 0.4) is 0 Å². The number of benzene rings is 1. The van der Waals surface area contributed by atoms with Crippen molar-refractivity contribution < 1.29 is 0 Å². The van der Waals surface area contributed by atoms with Gasteiger partial charge in [0.25, 0.3) is 0 Å². The lowest BCUT2D eigenvalue weighted by molar-refractivity contribution is 1.33. The molecule has 1 heterocycles. The molecule has 3 nitrogen and oxygen atoms in total. The summed E-state index contributed by atoms with van der Waals surface area (Å²) >= 11 is 1.69. The number of nitrogen functional groups attached to an aromatic ring is 1. The van der Waals surface area contributed by atoms with E-state index in [0.29, 0.717) is 0 Å². The molecule has 0 spiro atoms. The average molecular weight is 216 g/mol. The first-order valence-corrected chi connectivity index (χ1v) is 4.45. The molecule has 0 aliphatic carbocycles. The zero-order valence-electron chi connectivity index (χ0n) is 7.07. The normalized spacial score (nSPS) is 9.69. The molecule has 0 unspecified atom stereocenters. The third kappa shape index (κ3) is 1.91. The molecule has 0 fully saturated rings. The summed E-state index contributed by atoms with van der Waals surface area (Å²) in [5.41, 5.74) is 4.50. The quantitative estimate of drug-likeness (QED) is 0.567. The number of anilines is 1. The zero-order valence-corrected chi connectivity index (χ0v) is 8.71. The largest absolute Gasteiger partial charge is 0.324 e. The third-order valence-electron chi connectivity index (χ3n) is 1.66. The average Bonchev–Trinajstić information content (AvgIpc) is 2.43. The Morgan fingerprint density at radius 1 is 1.46 bits per heavy atom. The summed E-state index contributed by atoms with van der Waals surface area (Å²) in [5.74, 6) is 5.27. The Hall–Kier alpha value is -0.840.